The molecule has 0 aliphatic rings. The van der Waals surface area contributed by atoms with Gasteiger partial charge in [-0.2, -0.15) is 0 Å². The number of quaternary nitrogens is 1. The maximum atomic E-state index is 11.8. The number of rotatable bonds is 6. The van der Waals surface area contributed by atoms with Crippen molar-refractivity contribution in [2.75, 3.05) is 26.4 Å². The fraction of sp³-hybridized carbons (Fsp3) is 0.294. The molecule has 2 amide bonds. The summed E-state index contributed by atoms with van der Waals surface area (Å²) < 4.78 is 0. The first-order valence-corrected chi connectivity index (χ1v) is 8.51. The maximum Gasteiger partial charge on any atom is 0.248 e. The van der Waals surface area contributed by atoms with Crippen molar-refractivity contribution in [3.8, 4) is 0 Å². The largest absolute Gasteiger partial charge is 0.339 e. The van der Waals surface area contributed by atoms with Gasteiger partial charge in [0.25, 0.3) is 0 Å². The van der Waals surface area contributed by atoms with Crippen LogP contribution >= 0.6 is 11.8 Å². The Balaban J connectivity index is 1.76. The molecule has 2 aromatic rings. The standard InChI is InChI=1S/C17H21N3O2S/c1-20(2)10-9-16(21)18-19-17(22)12-23-15-8-7-13-5-3-4-6-14(13)11-15/h3-8,11H,9-10,12H2,1-2H3,(H,18,21)(H,19,22)/p+1. The van der Waals surface area contributed by atoms with E-state index in [1.807, 2.05) is 44.4 Å². The van der Waals surface area contributed by atoms with E-state index in [1.165, 1.54) is 22.0 Å². The average molecular weight is 332 g/mol. The first kappa shape index (κ1) is 17.3. The van der Waals surface area contributed by atoms with E-state index in [-0.39, 0.29) is 17.6 Å². The predicted molar refractivity (Wildman–Crippen MR) is 93.3 cm³/mol. The minimum absolute atomic E-state index is 0.171. The Hall–Kier alpha value is -2.05. The van der Waals surface area contributed by atoms with Gasteiger partial charge in [-0.3, -0.25) is 20.4 Å². The molecule has 5 nitrogen and oxygen atoms in total. The summed E-state index contributed by atoms with van der Waals surface area (Å²) in [6, 6.07) is 14.2. The minimum atomic E-state index is -0.214. The van der Waals surface area contributed by atoms with Gasteiger partial charge in [0, 0.05) is 4.90 Å². The molecule has 0 aromatic heterocycles. The van der Waals surface area contributed by atoms with Crippen molar-refractivity contribution >= 4 is 34.3 Å². The Labute approximate surface area is 140 Å². The second-order valence-electron chi connectivity index (χ2n) is 5.60. The van der Waals surface area contributed by atoms with Gasteiger partial charge >= 0.3 is 0 Å². The van der Waals surface area contributed by atoms with Crippen LogP contribution in [0.1, 0.15) is 6.42 Å². The van der Waals surface area contributed by atoms with Crippen LogP contribution in [-0.2, 0) is 9.59 Å². The number of carbonyl (C=O) groups is 2. The summed E-state index contributed by atoms with van der Waals surface area (Å²) in [6.07, 6.45) is 0.389. The molecule has 0 saturated carbocycles. The van der Waals surface area contributed by atoms with Gasteiger partial charge in [-0.05, 0) is 22.9 Å². The van der Waals surface area contributed by atoms with Crippen molar-refractivity contribution in [2.24, 2.45) is 0 Å². The number of fused-ring (bicyclic) bond motifs is 1. The number of benzene rings is 2. The highest BCUT2D eigenvalue weighted by Gasteiger charge is 2.07. The van der Waals surface area contributed by atoms with Crippen molar-refractivity contribution < 1.29 is 14.5 Å². The zero-order chi connectivity index (χ0) is 16.7. The normalized spacial score (nSPS) is 10.7. The third-order valence-corrected chi connectivity index (χ3v) is 4.28. The van der Waals surface area contributed by atoms with Crippen LogP contribution in [0, 0.1) is 0 Å². The zero-order valence-corrected chi connectivity index (χ0v) is 14.2. The van der Waals surface area contributed by atoms with Crippen LogP contribution in [0.2, 0.25) is 0 Å². The Morgan fingerprint density at radius 2 is 1.70 bits per heavy atom. The van der Waals surface area contributed by atoms with Crippen LogP contribution in [0.4, 0.5) is 0 Å². The molecule has 0 aliphatic heterocycles. The summed E-state index contributed by atoms with van der Waals surface area (Å²) in [4.78, 5) is 25.5. The maximum absolute atomic E-state index is 11.8. The number of hydrazine groups is 1. The lowest BCUT2D eigenvalue weighted by molar-refractivity contribution is -0.857. The van der Waals surface area contributed by atoms with Gasteiger partial charge in [-0.15, -0.1) is 11.8 Å². The summed E-state index contributed by atoms with van der Waals surface area (Å²) in [5, 5.41) is 2.33. The summed E-state index contributed by atoms with van der Waals surface area (Å²) in [6.45, 7) is 0.730. The number of carbonyl (C=O) groups excluding carboxylic acids is 2. The molecule has 0 spiro atoms. The number of nitrogens with one attached hydrogen (secondary N) is 3. The van der Waals surface area contributed by atoms with Crippen LogP contribution < -0.4 is 15.8 Å². The fourth-order valence-electron chi connectivity index (χ4n) is 2.01. The van der Waals surface area contributed by atoms with Gasteiger partial charge < -0.3 is 4.90 Å². The van der Waals surface area contributed by atoms with Gasteiger partial charge in [0.2, 0.25) is 11.8 Å². The highest BCUT2D eigenvalue weighted by Crippen LogP contribution is 2.23. The van der Waals surface area contributed by atoms with Crippen LogP contribution in [0.25, 0.3) is 10.8 Å². The van der Waals surface area contributed by atoms with Crippen LogP contribution in [0.3, 0.4) is 0 Å². The zero-order valence-electron chi connectivity index (χ0n) is 13.4. The minimum Gasteiger partial charge on any atom is -0.339 e. The van der Waals surface area contributed by atoms with E-state index >= 15 is 0 Å². The van der Waals surface area contributed by atoms with Crippen LogP contribution in [0.15, 0.2) is 47.4 Å². The molecule has 3 N–H and O–H groups in total. The molecule has 122 valence electrons. The van der Waals surface area contributed by atoms with Crippen molar-refractivity contribution in [1.29, 1.82) is 0 Å². The fourth-order valence-corrected chi connectivity index (χ4v) is 2.75. The number of hydrogen-bond donors (Lipinski definition) is 3. The second kappa shape index (κ2) is 8.55. The second-order valence-corrected chi connectivity index (χ2v) is 6.65. The first-order valence-electron chi connectivity index (χ1n) is 7.53. The van der Waals surface area contributed by atoms with Crippen molar-refractivity contribution in [2.45, 2.75) is 11.3 Å². The van der Waals surface area contributed by atoms with E-state index in [1.54, 1.807) is 0 Å². The third kappa shape index (κ3) is 5.92. The Kier molecular flexibility index (Phi) is 6.43. The van der Waals surface area contributed by atoms with E-state index in [9.17, 15) is 9.59 Å². The van der Waals surface area contributed by atoms with E-state index in [0.29, 0.717) is 6.42 Å². The van der Waals surface area contributed by atoms with Crippen molar-refractivity contribution in [1.82, 2.24) is 10.9 Å². The van der Waals surface area contributed by atoms with Crippen molar-refractivity contribution in [3.05, 3.63) is 42.5 Å². The number of hydrogen-bond acceptors (Lipinski definition) is 3. The van der Waals surface area contributed by atoms with Gasteiger partial charge in [0.1, 0.15) is 0 Å². The quantitative estimate of drug-likeness (QED) is 0.537. The lowest BCUT2D eigenvalue weighted by atomic mass is 10.1. The number of thioether (sulfide) groups is 1. The highest BCUT2D eigenvalue weighted by molar-refractivity contribution is 8.00. The monoisotopic (exact) mass is 332 g/mol. The van der Waals surface area contributed by atoms with Gasteiger partial charge in [-0.25, -0.2) is 0 Å². The molecule has 0 bridgehead atoms. The molecule has 0 unspecified atom stereocenters. The van der Waals surface area contributed by atoms with E-state index in [4.69, 9.17) is 0 Å². The van der Waals surface area contributed by atoms with Crippen LogP contribution in [-0.4, -0.2) is 38.2 Å². The molecule has 0 saturated heterocycles. The van der Waals surface area contributed by atoms with E-state index < -0.39 is 0 Å². The lowest BCUT2D eigenvalue weighted by Crippen LogP contribution is -3.05. The molecular weight excluding hydrogens is 310 g/mol. The average Bonchev–Trinajstić information content (AvgIpc) is 2.56. The smallest absolute Gasteiger partial charge is 0.248 e. The molecular formula is C17H22N3O2S+. The van der Waals surface area contributed by atoms with Crippen LogP contribution in [0.5, 0.6) is 0 Å². The van der Waals surface area contributed by atoms with Gasteiger partial charge in [0.05, 0.1) is 32.8 Å². The Morgan fingerprint density at radius 1 is 1.00 bits per heavy atom. The molecule has 0 heterocycles. The molecule has 2 aromatic carbocycles. The number of amides is 2. The van der Waals surface area contributed by atoms with E-state index in [0.717, 1.165) is 16.8 Å². The molecule has 0 radical (unpaired) electrons. The third-order valence-electron chi connectivity index (χ3n) is 3.28. The predicted octanol–water partition coefficient (Wildman–Crippen LogP) is 0.614. The van der Waals surface area contributed by atoms with Crippen molar-refractivity contribution in [3.63, 3.8) is 0 Å². The van der Waals surface area contributed by atoms with Gasteiger partial charge in [0.15, 0.2) is 0 Å². The van der Waals surface area contributed by atoms with E-state index in [2.05, 4.69) is 23.0 Å². The molecule has 6 heteroatoms. The summed E-state index contributed by atoms with van der Waals surface area (Å²) in [5.74, 6) is -0.124. The first-order chi connectivity index (χ1) is 11.0. The lowest BCUT2D eigenvalue weighted by Gasteiger charge is -2.09. The molecule has 0 aliphatic carbocycles. The molecule has 23 heavy (non-hydrogen) atoms. The molecule has 0 fully saturated rings. The Morgan fingerprint density at radius 3 is 2.43 bits per heavy atom. The molecule has 0 atom stereocenters. The molecule has 2 rings (SSSR count). The van der Waals surface area contributed by atoms with Gasteiger partial charge in [-0.1, -0.05) is 30.3 Å². The highest BCUT2D eigenvalue weighted by atomic mass is 32.2. The summed E-state index contributed by atoms with van der Waals surface area (Å²) in [5.41, 5.74) is 4.88. The SMILES string of the molecule is C[NH+](C)CCC(=O)NNC(=O)CSc1ccc2ccccc2c1. The summed E-state index contributed by atoms with van der Waals surface area (Å²) >= 11 is 1.45. The summed E-state index contributed by atoms with van der Waals surface area (Å²) in [7, 11) is 3.96. The topological polar surface area (TPSA) is 62.6 Å². The Bertz CT molecular complexity index is 688.